The molecule has 2 rings (SSSR count). The van der Waals surface area contributed by atoms with Crippen molar-refractivity contribution in [2.24, 2.45) is 5.92 Å². The summed E-state index contributed by atoms with van der Waals surface area (Å²) in [6.07, 6.45) is 2.59. The van der Waals surface area contributed by atoms with Crippen LogP contribution < -0.4 is 10.1 Å². The summed E-state index contributed by atoms with van der Waals surface area (Å²) in [5.74, 6) is 1.56. The summed E-state index contributed by atoms with van der Waals surface area (Å²) in [7, 11) is 0. The maximum Gasteiger partial charge on any atom is 0.137 e. The molecule has 1 aromatic carbocycles. The van der Waals surface area contributed by atoms with E-state index in [0.717, 1.165) is 24.8 Å². The summed E-state index contributed by atoms with van der Waals surface area (Å²) in [6.45, 7) is 8.09. The van der Waals surface area contributed by atoms with E-state index in [9.17, 15) is 0 Å². The van der Waals surface area contributed by atoms with Gasteiger partial charge in [0, 0.05) is 12.1 Å². The Labute approximate surface area is 115 Å². The number of ether oxygens (including phenoxy) is 1. The van der Waals surface area contributed by atoms with E-state index in [0.29, 0.717) is 5.02 Å². The molecule has 2 nitrogen and oxygen atoms in total. The fourth-order valence-corrected chi connectivity index (χ4v) is 1.89. The molecule has 0 saturated heterocycles. The standard InChI is InChI=1S/C15H22ClNO/c1-15(2,3)17-9-12-6-7-14(13(16)8-12)18-10-11-4-5-11/h6-8,11,17H,4-5,9-10H2,1-3H3. The lowest BCUT2D eigenvalue weighted by Gasteiger charge is -2.20. The van der Waals surface area contributed by atoms with E-state index < -0.39 is 0 Å². The average molecular weight is 268 g/mol. The molecule has 1 N–H and O–H groups in total. The third-order valence-corrected chi connectivity index (χ3v) is 3.29. The van der Waals surface area contributed by atoms with Crippen molar-refractivity contribution in [1.82, 2.24) is 5.32 Å². The monoisotopic (exact) mass is 267 g/mol. The Balaban J connectivity index is 1.91. The van der Waals surface area contributed by atoms with Crippen molar-refractivity contribution in [1.29, 1.82) is 0 Å². The zero-order valence-electron chi connectivity index (χ0n) is 11.4. The van der Waals surface area contributed by atoms with Crippen molar-refractivity contribution in [2.45, 2.75) is 45.7 Å². The van der Waals surface area contributed by atoms with E-state index >= 15 is 0 Å². The highest BCUT2D eigenvalue weighted by molar-refractivity contribution is 6.32. The van der Waals surface area contributed by atoms with Gasteiger partial charge >= 0.3 is 0 Å². The average Bonchev–Trinajstić information content (AvgIpc) is 3.08. The zero-order chi connectivity index (χ0) is 13.2. The van der Waals surface area contributed by atoms with Crippen LogP contribution >= 0.6 is 11.6 Å². The molecule has 0 bridgehead atoms. The van der Waals surface area contributed by atoms with Crippen LogP contribution in [0.15, 0.2) is 18.2 Å². The molecule has 1 fully saturated rings. The molecule has 18 heavy (non-hydrogen) atoms. The molecule has 0 atom stereocenters. The summed E-state index contributed by atoms with van der Waals surface area (Å²) >= 11 is 6.23. The molecule has 0 amide bonds. The Morgan fingerprint density at radius 3 is 2.61 bits per heavy atom. The van der Waals surface area contributed by atoms with Crippen molar-refractivity contribution < 1.29 is 4.74 Å². The van der Waals surface area contributed by atoms with Crippen LogP contribution in [-0.4, -0.2) is 12.1 Å². The number of benzene rings is 1. The van der Waals surface area contributed by atoms with E-state index in [1.165, 1.54) is 18.4 Å². The van der Waals surface area contributed by atoms with E-state index in [2.05, 4.69) is 32.2 Å². The van der Waals surface area contributed by atoms with Crippen LogP contribution in [0.25, 0.3) is 0 Å². The van der Waals surface area contributed by atoms with Gasteiger partial charge in [0.2, 0.25) is 0 Å². The first kappa shape index (κ1) is 13.7. The Morgan fingerprint density at radius 1 is 1.33 bits per heavy atom. The highest BCUT2D eigenvalue weighted by Crippen LogP contribution is 2.32. The number of hydrogen-bond acceptors (Lipinski definition) is 2. The van der Waals surface area contributed by atoms with Gasteiger partial charge in [-0.05, 0) is 57.2 Å². The van der Waals surface area contributed by atoms with Gasteiger partial charge in [-0.3, -0.25) is 0 Å². The minimum absolute atomic E-state index is 0.119. The number of halogens is 1. The second-order valence-corrected chi connectivity index (χ2v) is 6.53. The second kappa shape index (κ2) is 5.50. The summed E-state index contributed by atoms with van der Waals surface area (Å²) in [5, 5.41) is 4.16. The molecule has 0 heterocycles. The molecular weight excluding hydrogens is 246 g/mol. The van der Waals surface area contributed by atoms with Gasteiger partial charge < -0.3 is 10.1 Å². The quantitative estimate of drug-likeness (QED) is 0.870. The van der Waals surface area contributed by atoms with Crippen LogP contribution in [0.5, 0.6) is 5.75 Å². The van der Waals surface area contributed by atoms with Gasteiger partial charge in [-0.1, -0.05) is 17.7 Å². The van der Waals surface area contributed by atoms with E-state index in [1.807, 2.05) is 12.1 Å². The third-order valence-electron chi connectivity index (χ3n) is 2.99. The topological polar surface area (TPSA) is 21.3 Å². The second-order valence-electron chi connectivity index (χ2n) is 6.12. The molecule has 1 aromatic rings. The molecule has 0 unspecified atom stereocenters. The predicted molar refractivity (Wildman–Crippen MR) is 76.3 cm³/mol. The SMILES string of the molecule is CC(C)(C)NCc1ccc(OCC2CC2)c(Cl)c1. The molecule has 0 radical (unpaired) electrons. The van der Waals surface area contributed by atoms with Gasteiger partial charge in [0.1, 0.15) is 5.75 Å². The molecule has 1 saturated carbocycles. The summed E-state index contributed by atoms with van der Waals surface area (Å²) < 4.78 is 5.71. The lowest BCUT2D eigenvalue weighted by molar-refractivity contribution is 0.300. The van der Waals surface area contributed by atoms with Crippen LogP contribution in [0.2, 0.25) is 5.02 Å². The Hall–Kier alpha value is -0.730. The molecule has 3 heteroatoms. The van der Waals surface area contributed by atoms with Crippen molar-refractivity contribution in [3.05, 3.63) is 28.8 Å². The molecule has 0 aromatic heterocycles. The highest BCUT2D eigenvalue weighted by Gasteiger charge is 2.22. The first-order valence-electron chi connectivity index (χ1n) is 6.60. The summed E-state index contributed by atoms with van der Waals surface area (Å²) in [6, 6.07) is 6.04. The van der Waals surface area contributed by atoms with Crippen LogP contribution in [0.3, 0.4) is 0 Å². The minimum Gasteiger partial charge on any atom is -0.492 e. The molecule has 1 aliphatic carbocycles. The first-order valence-corrected chi connectivity index (χ1v) is 6.98. The number of nitrogens with one attached hydrogen (secondary N) is 1. The predicted octanol–water partition coefficient (Wildman–Crippen LogP) is 4.02. The molecular formula is C15H22ClNO. The van der Waals surface area contributed by atoms with Crippen molar-refractivity contribution in [3.63, 3.8) is 0 Å². The van der Waals surface area contributed by atoms with Crippen molar-refractivity contribution >= 4 is 11.6 Å². The third kappa shape index (κ3) is 4.51. The van der Waals surface area contributed by atoms with E-state index in [1.54, 1.807) is 0 Å². The highest BCUT2D eigenvalue weighted by atomic mass is 35.5. The van der Waals surface area contributed by atoms with Crippen LogP contribution in [0, 0.1) is 5.92 Å². The fourth-order valence-electron chi connectivity index (χ4n) is 1.63. The number of rotatable bonds is 5. The lowest BCUT2D eigenvalue weighted by Crippen LogP contribution is -2.35. The van der Waals surface area contributed by atoms with E-state index in [-0.39, 0.29) is 5.54 Å². The van der Waals surface area contributed by atoms with Crippen LogP contribution in [0.4, 0.5) is 0 Å². The first-order chi connectivity index (χ1) is 8.44. The smallest absolute Gasteiger partial charge is 0.137 e. The summed E-state index contributed by atoms with van der Waals surface area (Å²) in [5.41, 5.74) is 1.31. The van der Waals surface area contributed by atoms with Gasteiger partial charge in [-0.25, -0.2) is 0 Å². The maximum absolute atomic E-state index is 6.23. The van der Waals surface area contributed by atoms with Crippen LogP contribution in [-0.2, 0) is 6.54 Å². The Morgan fingerprint density at radius 2 is 2.06 bits per heavy atom. The molecule has 0 aliphatic heterocycles. The molecule has 100 valence electrons. The summed E-state index contributed by atoms with van der Waals surface area (Å²) in [4.78, 5) is 0. The largest absolute Gasteiger partial charge is 0.492 e. The number of hydrogen-bond donors (Lipinski definition) is 1. The normalized spacial score (nSPS) is 15.8. The van der Waals surface area contributed by atoms with Gasteiger partial charge in [0.05, 0.1) is 11.6 Å². The lowest BCUT2D eigenvalue weighted by atomic mass is 10.1. The van der Waals surface area contributed by atoms with Gasteiger partial charge in [-0.15, -0.1) is 0 Å². The fraction of sp³-hybridized carbons (Fsp3) is 0.600. The van der Waals surface area contributed by atoms with Gasteiger partial charge in [-0.2, -0.15) is 0 Å². The Kier molecular flexibility index (Phi) is 4.18. The van der Waals surface area contributed by atoms with Crippen molar-refractivity contribution in [2.75, 3.05) is 6.61 Å². The van der Waals surface area contributed by atoms with Gasteiger partial charge in [0.15, 0.2) is 0 Å². The van der Waals surface area contributed by atoms with Gasteiger partial charge in [0.25, 0.3) is 0 Å². The van der Waals surface area contributed by atoms with Crippen LogP contribution in [0.1, 0.15) is 39.2 Å². The molecule has 0 spiro atoms. The van der Waals surface area contributed by atoms with Crippen molar-refractivity contribution in [3.8, 4) is 5.75 Å². The van der Waals surface area contributed by atoms with E-state index in [4.69, 9.17) is 16.3 Å². The molecule has 1 aliphatic rings. The minimum atomic E-state index is 0.119. The zero-order valence-corrected chi connectivity index (χ0v) is 12.2. The maximum atomic E-state index is 6.23. The Bertz CT molecular complexity index is 407.